The van der Waals surface area contributed by atoms with Crippen molar-refractivity contribution in [2.24, 2.45) is 0 Å². The van der Waals surface area contributed by atoms with Crippen LogP contribution in [-0.4, -0.2) is 15.2 Å². The number of nitrogen functional groups attached to an aromatic ring is 1. The lowest BCUT2D eigenvalue weighted by Gasteiger charge is -2.01. The average Bonchev–Trinajstić information content (AvgIpc) is 2.92. The van der Waals surface area contributed by atoms with E-state index in [0.717, 1.165) is 15.3 Å². The Balaban J connectivity index is 2.04. The van der Waals surface area contributed by atoms with Gasteiger partial charge in [0.05, 0.1) is 9.90 Å². The molecule has 0 amide bonds. The van der Waals surface area contributed by atoms with Crippen molar-refractivity contribution >= 4 is 28.8 Å². The molecule has 3 aromatic heterocycles. The molecule has 0 unspecified atom stereocenters. The molecule has 3 heterocycles. The van der Waals surface area contributed by atoms with Crippen molar-refractivity contribution in [2.75, 3.05) is 5.73 Å². The number of halogens is 1. The van der Waals surface area contributed by atoms with Crippen LogP contribution in [0, 0.1) is 0 Å². The minimum absolute atomic E-state index is 0.226. The molecule has 3 N–H and O–H groups in total. The summed E-state index contributed by atoms with van der Waals surface area (Å²) in [4.78, 5) is 16.8. The first-order chi connectivity index (χ1) is 9.63. The van der Waals surface area contributed by atoms with E-state index in [0.29, 0.717) is 16.5 Å². The fourth-order valence-electron chi connectivity index (χ4n) is 1.75. The highest BCUT2D eigenvalue weighted by molar-refractivity contribution is 7.18. The zero-order valence-electron chi connectivity index (χ0n) is 10.1. The summed E-state index contributed by atoms with van der Waals surface area (Å²) in [5, 5.41) is 6.95. The first-order valence-corrected chi connectivity index (χ1v) is 6.90. The standard InChI is InChI=1S/C13H9ClN4OS/c14-8-6-16-12(15)5-7(8)10-2-3-11(20-10)9-1-4-13(19)18-17-9/h1-6H,(H2,15,16)(H,18,19). The quantitative estimate of drug-likeness (QED) is 0.762. The van der Waals surface area contributed by atoms with Gasteiger partial charge in [-0.15, -0.1) is 11.3 Å². The smallest absolute Gasteiger partial charge is 0.264 e. The van der Waals surface area contributed by atoms with Crippen LogP contribution in [-0.2, 0) is 0 Å². The number of H-pyrrole nitrogens is 1. The molecule has 0 atom stereocenters. The molecule has 7 heteroatoms. The summed E-state index contributed by atoms with van der Waals surface area (Å²) < 4.78 is 0. The predicted octanol–water partition coefficient (Wildman–Crippen LogP) is 2.80. The molecule has 0 aliphatic carbocycles. The normalized spacial score (nSPS) is 10.7. The van der Waals surface area contributed by atoms with E-state index in [9.17, 15) is 4.79 Å². The summed E-state index contributed by atoms with van der Waals surface area (Å²) in [6.07, 6.45) is 1.53. The van der Waals surface area contributed by atoms with Crippen molar-refractivity contribution in [2.45, 2.75) is 0 Å². The van der Waals surface area contributed by atoms with Gasteiger partial charge < -0.3 is 5.73 Å². The third-order valence-electron chi connectivity index (χ3n) is 2.68. The average molecular weight is 305 g/mol. The fourth-order valence-corrected chi connectivity index (χ4v) is 3.01. The highest BCUT2D eigenvalue weighted by Gasteiger charge is 2.10. The monoisotopic (exact) mass is 304 g/mol. The molecule has 0 aliphatic heterocycles. The number of nitrogens with zero attached hydrogens (tertiary/aromatic N) is 2. The van der Waals surface area contributed by atoms with Crippen molar-refractivity contribution in [3.8, 4) is 21.0 Å². The Morgan fingerprint density at radius 3 is 2.75 bits per heavy atom. The second-order valence-corrected chi connectivity index (χ2v) is 5.55. The lowest BCUT2D eigenvalue weighted by atomic mass is 10.2. The van der Waals surface area contributed by atoms with E-state index in [1.807, 2.05) is 12.1 Å². The van der Waals surface area contributed by atoms with Gasteiger partial charge in [0.2, 0.25) is 0 Å². The molecule has 100 valence electrons. The van der Waals surface area contributed by atoms with Gasteiger partial charge in [0, 0.05) is 22.7 Å². The van der Waals surface area contributed by atoms with Crippen molar-refractivity contribution in [1.29, 1.82) is 0 Å². The van der Waals surface area contributed by atoms with E-state index in [4.69, 9.17) is 17.3 Å². The predicted molar refractivity (Wildman–Crippen MR) is 80.8 cm³/mol. The number of rotatable bonds is 2. The number of anilines is 1. The van der Waals surface area contributed by atoms with Crippen LogP contribution in [0.2, 0.25) is 5.02 Å². The number of hydrogen-bond acceptors (Lipinski definition) is 5. The molecular formula is C13H9ClN4OS. The van der Waals surface area contributed by atoms with Crippen LogP contribution in [0.4, 0.5) is 5.82 Å². The number of nitrogens with one attached hydrogen (secondary N) is 1. The largest absolute Gasteiger partial charge is 0.384 e. The van der Waals surface area contributed by atoms with Crippen molar-refractivity contribution in [3.63, 3.8) is 0 Å². The molecule has 0 spiro atoms. The second kappa shape index (κ2) is 5.07. The molecule has 0 aromatic carbocycles. The van der Waals surface area contributed by atoms with Gasteiger partial charge in [0.1, 0.15) is 11.5 Å². The number of aromatic amines is 1. The highest BCUT2D eigenvalue weighted by Crippen LogP contribution is 2.36. The van der Waals surface area contributed by atoms with Gasteiger partial charge in [-0.1, -0.05) is 11.6 Å². The lowest BCUT2D eigenvalue weighted by molar-refractivity contribution is 0.998. The summed E-state index contributed by atoms with van der Waals surface area (Å²) in [5.41, 5.74) is 7.00. The Labute approximate surface area is 123 Å². The Bertz CT molecular complexity index is 807. The van der Waals surface area contributed by atoms with E-state index in [2.05, 4.69) is 15.2 Å². The van der Waals surface area contributed by atoms with E-state index in [1.54, 1.807) is 12.1 Å². The number of thiophene rings is 1. The van der Waals surface area contributed by atoms with Crippen molar-refractivity contribution < 1.29 is 0 Å². The third kappa shape index (κ3) is 2.43. The minimum atomic E-state index is -0.226. The first-order valence-electron chi connectivity index (χ1n) is 5.71. The van der Waals surface area contributed by atoms with Gasteiger partial charge in [0.25, 0.3) is 5.56 Å². The molecule has 3 aromatic rings. The molecule has 0 saturated carbocycles. The third-order valence-corrected chi connectivity index (χ3v) is 4.12. The van der Waals surface area contributed by atoms with Crippen LogP contribution >= 0.6 is 22.9 Å². The summed E-state index contributed by atoms with van der Waals surface area (Å²) >= 11 is 7.65. The van der Waals surface area contributed by atoms with Gasteiger partial charge in [-0.25, -0.2) is 10.1 Å². The summed E-state index contributed by atoms with van der Waals surface area (Å²) in [7, 11) is 0. The first kappa shape index (κ1) is 12.8. The molecule has 0 fully saturated rings. The number of nitrogens with two attached hydrogens (primary N) is 1. The Morgan fingerprint density at radius 2 is 2.00 bits per heavy atom. The van der Waals surface area contributed by atoms with E-state index in [-0.39, 0.29) is 5.56 Å². The SMILES string of the molecule is Nc1cc(-c2ccc(-c3ccc(=O)[nH]n3)s2)c(Cl)cn1. The Kier molecular flexibility index (Phi) is 3.25. The molecule has 0 bridgehead atoms. The van der Waals surface area contributed by atoms with Gasteiger partial charge in [-0.05, 0) is 24.3 Å². The molecule has 0 saturated heterocycles. The number of hydrogen-bond donors (Lipinski definition) is 2. The molecule has 0 aliphatic rings. The molecule has 3 rings (SSSR count). The van der Waals surface area contributed by atoms with Gasteiger partial charge in [-0.2, -0.15) is 5.10 Å². The molecular weight excluding hydrogens is 296 g/mol. The van der Waals surface area contributed by atoms with E-state index in [1.165, 1.54) is 23.6 Å². The zero-order chi connectivity index (χ0) is 14.1. The van der Waals surface area contributed by atoms with Crippen LogP contribution < -0.4 is 11.3 Å². The zero-order valence-corrected chi connectivity index (χ0v) is 11.7. The van der Waals surface area contributed by atoms with E-state index < -0.39 is 0 Å². The van der Waals surface area contributed by atoms with Gasteiger partial charge in [-0.3, -0.25) is 4.79 Å². The summed E-state index contributed by atoms with van der Waals surface area (Å²) in [6, 6.07) is 8.72. The number of aromatic nitrogens is 3. The van der Waals surface area contributed by atoms with Gasteiger partial charge >= 0.3 is 0 Å². The minimum Gasteiger partial charge on any atom is -0.384 e. The second-order valence-electron chi connectivity index (χ2n) is 4.06. The van der Waals surface area contributed by atoms with E-state index >= 15 is 0 Å². The van der Waals surface area contributed by atoms with Crippen LogP contribution in [0.3, 0.4) is 0 Å². The van der Waals surface area contributed by atoms with Crippen LogP contribution in [0.5, 0.6) is 0 Å². The number of pyridine rings is 1. The molecule has 20 heavy (non-hydrogen) atoms. The van der Waals surface area contributed by atoms with Crippen LogP contribution in [0.1, 0.15) is 0 Å². The molecule has 0 radical (unpaired) electrons. The lowest BCUT2D eigenvalue weighted by Crippen LogP contribution is -2.04. The van der Waals surface area contributed by atoms with Crippen molar-refractivity contribution in [3.05, 3.63) is 51.9 Å². The Morgan fingerprint density at radius 1 is 1.20 bits per heavy atom. The van der Waals surface area contributed by atoms with Gasteiger partial charge in [0.15, 0.2) is 0 Å². The fraction of sp³-hybridized carbons (Fsp3) is 0. The summed E-state index contributed by atoms with van der Waals surface area (Å²) in [6.45, 7) is 0. The maximum Gasteiger partial charge on any atom is 0.264 e. The maximum atomic E-state index is 11.0. The Hall–Kier alpha value is -2.18. The summed E-state index contributed by atoms with van der Waals surface area (Å²) in [5.74, 6) is 0.418. The molecule has 5 nitrogen and oxygen atoms in total. The highest BCUT2D eigenvalue weighted by atomic mass is 35.5. The van der Waals surface area contributed by atoms with Crippen LogP contribution in [0.25, 0.3) is 21.0 Å². The van der Waals surface area contributed by atoms with Crippen LogP contribution in [0.15, 0.2) is 41.3 Å². The maximum absolute atomic E-state index is 11.0. The van der Waals surface area contributed by atoms with Crippen molar-refractivity contribution in [1.82, 2.24) is 15.2 Å². The topological polar surface area (TPSA) is 84.7 Å².